The van der Waals surface area contributed by atoms with E-state index >= 15 is 0 Å². The Bertz CT molecular complexity index is 476. The van der Waals surface area contributed by atoms with Crippen LogP contribution in [0.15, 0.2) is 35.3 Å². The average Bonchev–Trinajstić information content (AvgIpc) is 2.45. The molecule has 1 aromatic carbocycles. The second kappa shape index (κ2) is 9.07. The van der Waals surface area contributed by atoms with E-state index in [2.05, 4.69) is 42.9 Å². The number of guanidine groups is 1. The fourth-order valence-corrected chi connectivity index (χ4v) is 2.28. The Kier molecular flexibility index (Phi) is 7.43. The first-order chi connectivity index (χ1) is 10.5. The summed E-state index contributed by atoms with van der Waals surface area (Å²) < 4.78 is 4.98. The smallest absolute Gasteiger partial charge is 0.413 e. The van der Waals surface area contributed by atoms with E-state index in [1.165, 1.54) is 0 Å². The lowest BCUT2D eigenvalue weighted by atomic mass is 10.2. The van der Waals surface area contributed by atoms with E-state index in [1.54, 1.807) is 6.92 Å². The van der Waals surface area contributed by atoms with Gasteiger partial charge in [0.15, 0.2) is 0 Å². The number of hydrogen-bond acceptors (Lipinski definition) is 3. The van der Waals surface area contributed by atoms with Crippen LogP contribution >= 0.6 is 0 Å². The van der Waals surface area contributed by atoms with Gasteiger partial charge in [0.05, 0.1) is 13.2 Å². The number of hydrogen-bond donors (Lipinski definition) is 1. The maximum Gasteiger partial charge on any atom is 0.413 e. The Labute approximate surface area is 133 Å². The minimum Gasteiger partial charge on any atom is -0.450 e. The second-order valence-corrected chi connectivity index (χ2v) is 5.57. The van der Waals surface area contributed by atoms with Crippen molar-refractivity contribution in [2.24, 2.45) is 4.99 Å². The number of amides is 1. The van der Waals surface area contributed by atoms with Gasteiger partial charge in [-0.25, -0.2) is 9.79 Å². The summed E-state index contributed by atoms with van der Waals surface area (Å²) in [5.41, 5.74) is 1.10. The van der Waals surface area contributed by atoms with Gasteiger partial charge in [0.2, 0.25) is 5.96 Å². The Morgan fingerprint density at radius 3 is 2.27 bits per heavy atom. The third kappa shape index (κ3) is 5.76. The summed E-state index contributed by atoms with van der Waals surface area (Å²) >= 11 is 0. The van der Waals surface area contributed by atoms with Crippen LogP contribution in [0.25, 0.3) is 0 Å². The highest BCUT2D eigenvalue weighted by Gasteiger charge is 2.20. The first kappa shape index (κ1) is 18.0. The van der Waals surface area contributed by atoms with Gasteiger partial charge in [-0.15, -0.1) is 0 Å². The molecule has 1 aromatic rings. The summed E-state index contributed by atoms with van der Waals surface area (Å²) in [5, 5.41) is 2.77. The van der Waals surface area contributed by atoms with Gasteiger partial charge in [-0.2, -0.15) is 0 Å². The maximum absolute atomic E-state index is 11.8. The molecule has 5 nitrogen and oxygen atoms in total. The zero-order valence-electron chi connectivity index (χ0n) is 14.2. The predicted octanol–water partition coefficient (Wildman–Crippen LogP) is 3.41. The summed E-state index contributed by atoms with van der Waals surface area (Å²) in [6, 6.07) is 10.4. The molecule has 0 saturated carbocycles. The molecule has 0 saturated heterocycles. The summed E-state index contributed by atoms with van der Waals surface area (Å²) in [6.45, 7) is 10.9. The van der Waals surface area contributed by atoms with Crippen LogP contribution in [0.1, 0.15) is 40.2 Å². The van der Waals surface area contributed by atoms with E-state index in [1.807, 2.05) is 30.3 Å². The summed E-state index contributed by atoms with van der Waals surface area (Å²) in [4.78, 5) is 18.4. The van der Waals surface area contributed by atoms with E-state index in [4.69, 9.17) is 4.74 Å². The molecule has 0 radical (unpaired) electrons. The van der Waals surface area contributed by atoms with Crippen LogP contribution in [0.4, 0.5) is 4.79 Å². The summed E-state index contributed by atoms with van der Waals surface area (Å²) in [7, 11) is 0. The van der Waals surface area contributed by atoms with Crippen LogP contribution in [-0.4, -0.2) is 35.6 Å². The molecule has 0 heterocycles. The zero-order valence-corrected chi connectivity index (χ0v) is 14.2. The van der Waals surface area contributed by atoms with Gasteiger partial charge in [0.25, 0.3) is 0 Å². The molecule has 0 spiro atoms. The third-order valence-corrected chi connectivity index (χ3v) is 3.10. The Morgan fingerprint density at radius 1 is 1.18 bits per heavy atom. The largest absolute Gasteiger partial charge is 0.450 e. The molecule has 0 atom stereocenters. The number of rotatable bonds is 5. The van der Waals surface area contributed by atoms with Gasteiger partial charge in [0, 0.05) is 12.1 Å². The van der Waals surface area contributed by atoms with E-state index in [9.17, 15) is 4.79 Å². The lowest BCUT2D eigenvalue weighted by molar-refractivity contribution is 0.155. The molecule has 1 N–H and O–H groups in total. The predicted molar refractivity (Wildman–Crippen MR) is 89.8 cm³/mol. The number of nitrogens with zero attached hydrogens (tertiary/aromatic N) is 2. The number of carbonyl (C=O) groups is 1. The van der Waals surface area contributed by atoms with Crippen LogP contribution in [0.2, 0.25) is 0 Å². The molecule has 1 amide bonds. The number of benzene rings is 1. The molecule has 22 heavy (non-hydrogen) atoms. The standard InChI is InChI=1S/C17H27N3O2/c1-6-22-17(21)19-16(20(13(2)3)14(4)5)18-12-15-10-8-7-9-11-15/h7-11,13-14H,6,12H2,1-5H3,(H,18,19,21). The lowest BCUT2D eigenvalue weighted by Crippen LogP contribution is -2.50. The first-order valence-electron chi connectivity index (χ1n) is 7.76. The van der Waals surface area contributed by atoms with Crippen molar-refractivity contribution in [1.29, 1.82) is 0 Å². The first-order valence-corrected chi connectivity index (χ1v) is 7.76. The zero-order chi connectivity index (χ0) is 16.5. The highest BCUT2D eigenvalue weighted by atomic mass is 16.5. The van der Waals surface area contributed by atoms with E-state index < -0.39 is 6.09 Å². The van der Waals surface area contributed by atoms with Crippen molar-refractivity contribution < 1.29 is 9.53 Å². The summed E-state index contributed by atoms with van der Waals surface area (Å²) in [6.07, 6.45) is -0.472. The molecule has 0 aliphatic rings. The number of nitrogens with one attached hydrogen (secondary N) is 1. The molecule has 0 unspecified atom stereocenters. The molecule has 122 valence electrons. The number of aliphatic imine (C=N–C) groups is 1. The highest BCUT2D eigenvalue weighted by molar-refractivity contribution is 5.94. The van der Waals surface area contributed by atoms with Crippen molar-refractivity contribution in [3.05, 3.63) is 35.9 Å². The van der Waals surface area contributed by atoms with Crippen molar-refractivity contribution in [2.75, 3.05) is 6.61 Å². The third-order valence-electron chi connectivity index (χ3n) is 3.10. The molecule has 5 heteroatoms. The quantitative estimate of drug-likeness (QED) is 0.670. The van der Waals surface area contributed by atoms with Gasteiger partial charge in [0.1, 0.15) is 0 Å². The van der Waals surface area contributed by atoms with Gasteiger partial charge in [-0.3, -0.25) is 5.32 Å². The van der Waals surface area contributed by atoms with E-state index in [-0.39, 0.29) is 12.1 Å². The minimum atomic E-state index is -0.472. The number of carbonyl (C=O) groups excluding carboxylic acids is 1. The van der Waals surface area contributed by atoms with Crippen molar-refractivity contribution in [1.82, 2.24) is 10.2 Å². The Balaban J connectivity index is 2.96. The highest BCUT2D eigenvalue weighted by Crippen LogP contribution is 2.08. The molecule has 1 rings (SSSR count). The molecule has 0 aliphatic carbocycles. The second-order valence-electron chi connectivity index (χ2n) is 5.57. The maximum atomic E-state index is 11.8. The summed E-state index contributed by atoms with van der Waals surface area (Å²) in [5.74, 6) is 0.548. The SMILES string of the molecule is CCOC(=O)NC(=NCc1ccccc1)N(C(C)C)C(C)C. The molecule has 0 fully saturated rings. The minimum absolute atomic E-state index is 0.219. The Hall–Kier alpha value is -2.04. The van der Waals surface area contributed by atoms with Gasteiger partial charge < -0.3 is 9.64 Å². The molecular weight excluding hydrogens is 278 g/mol. The topological polar surface area (TPSA) is 53.9 Å². The fraction of sp³-hybridized carbons (Fsp3) is 0.529. The number of alkyl carbamates (subject to hydrolysis) is 1. The van der Waals surface area contributed by atoms with Crippen molar-refractivity contribution in [2.45, 2.75) is 53.2 Å². The lowest BCUT2D eigenvalue weighted by Gasteiger charge is -2.33. The van der Waals surface area contributed by atoms with E-state index in [0.717, 1.165) is 5.56 Å². The van der Waals surface area contributed by atoms with Gasteiger partial charge >= 0.3 is 6.09 Å². The number of ether oxygens (including phenoxy) is 1. The van der Waals surface area contributed by atoms with Gasteiger partial charge in [-0.1, -0.05) is 30.3 Å². The average molecular weight is 305 g/mol. The monoisotopic (exact) mass is 305 g/mol. The molecule has 0 aromatic heterocycles. The van der Waals surface area contributed by atoms with Crippen LogP contribution in [0.5, 0.6) is 0 Å². The molecule has 0 aliphatic heterocycles. The van der Waals surface area contributed by atoms with Gasteiger partial charge in [-0.05, 0) is 40.2 Å². The van der Waals surface area contributed by atoms with Crippen LogP contribution in [-0.2, 0) is 11.3 Å². The van der Waals surface area contributed by atoms with Crippen molar-refractivity contribution >= 4 is 12.1 Å². The van der Waals surface area contributed by atoms with Crippen LogP contribution in [0, 0.1) is 0 Å². The fourth-order valence-electron chi connectivity index (χ4n) is 2.28. The van der Waals surface area contributed by atoms with Crippen LogP contribution in [0.3, 0.4) is 0 Å². The van der Waals surface area contributed by atoms with E-state index in [0.29, 0.717) is 19.1 Å². The van der Waals surface area contributed by atoms with Crippen molar-refractivity contribution in [3.8, 4) is 0 Å². The molecular formula is C17H27N3O2. The molecule has 0 bridgehead atoms. The Morgan fingerprint density at radius 2 is 1.77 bits per heavy atom. The normalized spacial score (nSPS) is 11.7. The van der Waals surface area contributed by atoms with Crippen molar-refractivity contribution in [3.63, 3.8) is 0 Å². The van der Waals surface area contributed by atoms with Crippen LogP contribution < -0.4 is 5.32 Å².